The number of H-pyrrole nitrogens is 1. The summed E-state index contributed by atoms with van der Waals surface area (Å²) in [6, 6.07) is 8.68. The average molecular weight is 226 g/mol. The summed E-state index contributed by atoms with van der Waals surface area (Å²) in [6.07, 6.45) is 3.24. The van der Waals surface area contributed by atoms with Crippen molar-refractivity contribution >= 4 is 5.91 Å². The lowest BCUT2D eigenvalue weighted by Gasteiger charge is -2.03. The number of rotatable bonds is 3. The molecule has 17 heavy (non-hydrogen) atoms. The van der Waals surface area contributed by atoms with Crippen molar-refractivity contribution < 1.29 is 4.79 Å². The molecule has 5 nitrogen and oxygen atoms in total. The lowest BCUT2D eigenvalue weighted by Crippen LogP contribution is -2.23. The van der Waals surface area contributed by atoms with E-state index < -0.39 is 0 Å². The minimum atomic E-state index is -0.224. The zero-order chi connectivity index (χ0) is 12.1. The maximum atomic E-state index is 11.7. The van der Waals surface area contributed by atoms with Crippen LogP contribution in [0.25, 0.3) is 0 Å². The molecular formula is C12H10N4O. The Labute approximate surface area is 98.1 Å². The minimum absolute atomic E-state index is 0.224. The van der Waals surface area contributed by atoms with E-state index in [0.29, 0.717) is 12.1 Å². The van der Waals surface area contributed by atoms with Gasteiger partial charge >= 0.3 is 0 Å². The van der Waals surface area contributed by atoms with Gasteiger partial charge in [-0.05, 0) is 24.3 Å². The highest BCUT2D eigenvalue weighted by Crippen LogP contribution is 2.01. The van der Waals surface area contributed by atoms with Gasteiger partial charge in [0.2, 0.25) is 0 Å². The van der Waals surface area contributed by atoms with Gasteiger partial charge in [-0.15, -0.1) is 0 Å². The van der Waals surface area contributed by atoms with Gasteiger partial charge in [0.05, 0.1) is 6.54 Å². The Balaban J connectivity index is 2.02. The molecule has 0 aliphatic heterocycles. The Kier molecular flexibility index (Phi) is 3.17. The molecule has 5 heteroatoms. The second kappa shape index (κ2) is 4.94. The van der Waals surface area contributed by atoms with Gasteiger partial charge in [0.1, 0.15) is 11.8 Å². The van der Waals surface area contributed by atoms with Crippen LogP contribution in [0.5, 0.6) is 0 Å². The van der Waals surface area contributed by atoms with Crippen molar-refractivity contribution in [3.63, 3.8) is 0 Å². The van der Waals surface area contributed by atoms with Crippen LogP contribution < -0.4 is 5.32 Å². The topological polar surface area (TPSA) is 81.6 Å². The van der Waals surface area contributed by atoms with E-state index in [1.807, 2.05) is 18.2 Å². The van der Waals surface area contributed by atoms with Gasteiger partial charge in [0.15, 0.2) is 0 Å². The number of nitrogens with one attached hydrogen (secondary N) is 2. The molecule has 0 atom stereocenters. The molecule has 2 heterocycles. The van der Waals surface area contributed by atoms with Gasteiger partial charge in [-0.25, -0.2) is 4.98 Å². The van der Waals surface area contributed by atoms with E-state index in [2.05, 4.69) is 15.3 Å². The second-order valence-corrected chi connectivity index (χ2v) is 3.42. The highest BCUT2D eigenvalue weighted by atomic mass is 16.1. The molecule has 0 bridgehead atoms. The lowest BCUT2D eigenvalue weighted by molar-refractivity contribution is 0.0950. The summed E-state index contributed by atoms with van der Waals surface area (Å²) in [7, 11) is 0. The van der Waals surface area contributed by atoms with E-state index >= 15 is 0 Å². The zero-order valence-electron chi connectivity index (χ0n) is 8.97. The number of hydrogen-bond acceptors (Lipinski definition) is 3. The quantitative estimate of drug-likeness (QED) is 0.825. The van der Waals surface area contributed by atoms with Crippen LogP contribution in [0.15, 0.2) is 36.7 Å². The molecule has 0 spiro atoms. The van der Waals surface area contributed by atoms with Crippen LogP contribution >= 0.6 is 0 Å². The van der Waals surface area contributed by atoms with Gasteiger partial charge < -0.3 is 10.3 Å². The Hall–Kier alpha value is -2.61. The molecule has 84 valence electrons. The largest absolute Gasteiger partial charge is 0.364 e. The first-order chi connectivity index (χ1) is 8.29. The van der Waals surface area contributed by atoms with Crippen molar-refractivity contribution in [2.24, 2.45) is 0 Å². The molecule has 0 saturated heterocycles. The third-order valence-corrected chi connectivity index (χ3v) is 2.24. The number of nitriles is 1. The Morgan fingerprint density at radius 3 is 3.12 bits per heavy atom. The van der Waals surface area contributed by atoms with Crippen LogP contribution in [-0.2, 0) is 6.54 Å². The predicted molar refractivity (Wildman–Crippen MR) is 60.9 cm³/mol. The number of pyridine rings is 1. The third kappa shape index (κ3) is 2.69. The van der Waals surface area contributed by atoms with Gasteiger partial charge in [-0.1, -0.05) is 0 Å². The molecule has 1 amide bonds. The monoisotopic (exact) mass is 226 g/mol. The van der Waals surface area contributed by atoms with Crippen molar-refractivity contribution in [2.75, 3.05) is 0 Å². The number of amides is 1. The van der Waals surface area contributed by atoms with E-state index in [4.69, 9.17) is 5.26 Å². The molecule has 0 aliphatic rings. The van der Waals surface area contributed by atoms with Crippen LogP contribution in [0.2, 0.25) is 0 Å². The summed E-state index contributed by atoms with van der Waals surface area (Å²) < 4.78 is 0. The molecule has 0 fully saturated rings. The first-order valence-electron chi connectivity index (χ1n) is 5.06. The summed E-state index contributed by atoms with van der Waals surface area (Å²) in [5.74, 6) is -0.224. The summed E-state index contributed by atoms with van der Waals surface area (Å²) >= 11 is 0. The van der Waals surface area contributed by atoms with E-state index in [1.54, 1.807) is 12.3 Å². The fraction of sp³-hybridized carbons (Fsp3) is 0.0833. The van der Waals surface area contributed by atoms with Crippen LogP contribution in [0.4, 0.5) is 0 Å². The maximum Gasteiger partial charge on any atom is 0.251 e. The molecule has 0 unspecified atom stereocenters. The Morgan fingerprint density at radius 1 is 1.53 bits per heavy atom. The summed E-state index contributed by atoms with van der Waals surface area (Å²) in [4.78, 5) is 18.5. The van der Waals surface area contributed by atoms with Gasteiger partial charge in [-0.3, -0.25) is 4.79 Å². The van der Waals surface area contributed by atoms with Crippen molar-refractivity contribution in [3.05, 3.63) is 53.6 Å². The predicted octanol–water partition coefficient (Wildman–Crippen LogP) is 1.21. The van der Waals surface area contributed by atoms with Crippen LogP contribution in [0.1, 0.15) is 21.7 Å². The molecule has 0 aliphatic carbocycles. The molecular weight excluding hydrogens is 216 g/mol. The molecule has 0 saturated carbocycles. The number of carbonyl (C=O) groups is 1. The summed E-state index contributed by atoms with van der Waals surface area (Å²) in [5, 5.41) is 11.4. The van der Waals surface area contributed by atoms with Gasteiger partial charge in [0, 0.05) is 23.7 Å². The van der Waals surface area contributed by atoms with E-state index in [9.17, 15) is 4.79 Å². The molecule has 2 rings (SSSR count). The first kappa shape index (κ1) is 10.9. The average Bonchev–Trinajstić information content (AvgIpc) is 2.89. The van der Waals surface area contributed by atoms with E-state index in [1.165, 1.54) is 12.3 Å². The number of aromatic nitrogens is 2. The zero-order valence-corrected chi connectivity index (χ0v) is 8.97. The van der Waals surface area contributed by atoms with Crippen molar-refractivity contribution in [1.82, 2.24) is 15.3 Å². The first-order valence-corrected chi connectivity index (χ1v) is 5.06. The van der Waals surface area contributed by atoms with Crippen LogP contribution in [-0.4, -0.2) is 15.9 Å². The molecule has 0 aromatic carbocycles. The van der Waals surface area contributed by atoms with Crippen molar-refractivity contribution in [2.45, 2.75) is 6.54 Å². The number of carbonyl (C=O) groups excluding carboxylic acids is 1. The SMILES string of the molecule is N#Cc1cc(C(=O)NCc2ccc[nH]2)ccn1. The van der Waals surface area contributed by atoms with Crippen molar-refractivity contribution in [3.8, 4) is 6.07 Å². The maximum absolute atomic E-state index is 11.7. The fourth-order valence-electron chi connectivity index (χ4n) is 1.39. The summed E-state index contributed by atoms with van der Waals surface area (Å²) in [5.41, 5.74) is 1.59. The Bertz CT molecular complexity index is 554. The molecule has 0 radical (unpaired) electrons. The Morgan fingerprint density at radius 2 is 2.41 bits per heavy atom. The van der Waals surface area contributed by atoms with Crippen LogP contribution in [0, 0.1) is 11.3 Å². The molecule has 2 aromatic rings. The van der Waals surface area contributed by atoms with E-state index in [-0.39, 0.29) is 11.6 Å². The molecule has 2 N–H and O–H groups in total. The van der Waals surface area contributed by atoms with Crippen LogP contribution in [0.3, 0.4) is 0 Å². The second-order valence-electron chi connectivity index (χ2n) is 3.42. The number of nitrogens with zero attached hydrogens (tertiary/aromatic N) is 2. The highest BCUT2D eigenvalue weighted by Gasteiger charge is 2.06. The number of aromatic amines is 1. The van der Waals surface area contributed by atoms with Gasteiger partial charge in [-0.2, -0.15) is 5.26 Å². The minimum Gasteiger partial charge on any atom is -0.364 e. The third-order valence-electron chi connectivity index (χ3n) is 2.24. The van der Waals surface area contributed by atoms with E-state index in [0.717, 1.165) is 5.69 Å². The van der Waals surface area contributed by atoms with Crippen molar-refractivity contribution in [1.29, 1.82) is 5.26 Å². The smallest absolute Gasteiger partial charge is 0.251 e. The molecule has 2 aromatic heterocycles. The normalized spacial score (nSPS) is 9.59. The summed E-state index contributed by atoms with van der Waals surface area (Å²) in [6.45, 7) is 0.427. The standard InChI is InChI=1S/C12H10N4O/c13-7-11-6-9(3-5-15-11)12(17)16-8-10-2-1-4-14-10/h1-6,14H,8H2,(H,16,17). The highest BCUT2D eigenvalue weighted by molar-refractivity contribution is 5.94. The van der Waals surface area contributed by atoms with Gasteiger partial charge in [0.25, 0.3) is 5.91 Å². The number of hydrogen-bond donors (Lipinski definition) is 2. The lowest BCUT2D eigenvalue weighted by atomic mass is 10.2. The fourth-order valence-corrected chi connectivity index (χ4v) is 1.39.